The highest BCUT2D eigenvalue weighted by molar-refractivity contribution is 7.99. The Balaban J connectivity index is 1.64. The lowest BCUT2D eigenvalue weighted by Crippen LogP contribution is -2.31. The Kier molecular flexibility index (Phi) is 6.20. The smallest absolute Gasteiger partial charge is 0.321 e. The van der Waals surface area contributed by atoms with Gasteiger partial charge in [-0.1, -0.05) is 6.07 Å². The van der Waals surface area contributed by atoms with Crippen LogP contribution >= 0.6 is 11.8 Å². The lowest BCUT2D eigenvalue weighted by molar-refractivity contribution is 0.220. The molecule has 2 amide bonds. The Labute approximate surface area is 165 Å². The molecule has 5 nitrogen and oxygen atoms in total. The normalized spacial score (nSPS) is 10.6. The van der Waals surface area contributed by atoms with Crippen molar-refractivity contribution < 1.29 is 13.6 Å². The highest BCUT2D eigenvalue weighted by Crippen LogP contribution is 2.28. The number of amides is 2. The van der Waals surface area contributed by atoms with E-state index in [0.29, 0.717) is 10.8 Å². The van der Waals surface area contributed by atoms with Crippen molar-refractivity contribution in [2.75, 3.05) is 12.4 Å². The number of hydrogen-bond donors (Lipinski definition) is 1. The first-order chi connectivity index (χ1) is 13.4. The molecule has 0 radical (unpaired) electrons. The van der Waals surface area contributed by atoms with E-state index in [1.54, 1.807) is 31.6 Å². The van der Waals surface area contributed by atoms with E-state index in [1.807, 2.05) is 19.1 Å². The van der Waals surface area contributed by atoms with Crippen LogP contribution < -0.4 is 5.32 Å². The van der Waals surface area contributed by atoms with Gasteiger partial charge in [0.15, 0.2) is 5.16 Å². The van der Waals surface area contributed by atoms with E-state index in [0.717, 1.165) is 16.5 Å². The average molecular weight is 400 g/mol. The van der Waals surface area contributed by atoms with Crippen LogP contribution in [0.1, 0.15) is 11.1 Å². The number of aromatic nitrogens is 2. The van der Waals surface area contributed by atoms with Crippen LogP contribution in [0, 0.1) is 18.6 Å². The SMILES string of the molecule is Cc1cc(Sc2ncccn2)ccc1NC(=O)N(C)Cc1ccc(F)cc1F. The van der Waals surface area contributed by atoms with Gasteiger partial charge in [-0.2, -0.15) is 0 Å². The van der Waals surface area contributed by atoms with E-state index in [1.165, 1.54) is 28.8 Å². The van der Waals surface area contributed by atoms with Crippen molar-refractivity contribution in [1.82, 2.24) is 14.9 Å². The van der Waals surface area contributed by atoms with Gasteiger partial charge in [0, 0.05) is 48.2 Å². The summed E-state index contributed by atoms with van der Waals surface area (Å²) in [7, 11) is 1.55. The van der Waals surface area contributed by atoms with Crippen molar-refractivity contribution in [2.45, 2.75) is 23.5 Å². The molecule has 3 rings (SSSR count). The van der Waals surface area contributed by atoms with Gasteiger partial charge in [-0.05, 0) is 54.6 Å². The van der Waals surface area contributed by atoms with Gasteiger partial charge in [-0.15, -0.1) is 0 Å². The minimum Gasteiger partial charge on any atom is -0.323 e. The van der Waals surface area contributed by atoms with Crippen molar-refractivity contribution in [3.05, 3.63) is 77.6 Å². The standard InChI is InChI=1S/C20H18F2N4OS/c1-13-10-16(28-19-23-8-3-9-24-19)6-7-18(13)25-20(27)26(2)12-14-4-5-15(21)11-17(14)22/h3-11H,12H2,1-2H3,(H,25,27). The van der Waals surface area contributed by atoms with E-state index in [9.17, 15) is 13.6 Å². The Morgan fingerprint density at radius 1 is 1.14 bits per heavy atom. The highest BCUT2D eigenvalue weighted by Gasteiger charge is 2.14. The molecule has 144 valence electrons. The number of rotatable bonds is 5. The number of anilines is 1. The van der Waals surface area contributed by atoms with E-state index in [4.69, 9.17) is 0 Å². The third kappa shape index (κ3) is 5.04. The number of nitrogens with zero attached hydrogens (tertiary/aromatic N) is 3. The summed E-state index contributed by atoms with van der Waals surface area (Å²) in [5.41, 5.74) is 1.76. The summed E-state index contributed by atoms with van der Waals surface area (Å²) < 4.78 is 26.8. The largest absolute Gasteiger partial charge is 0.323 e. The summed E-state index contributed by atoms with van der Waals surface area (Å²) in [5, 5.41) is 3.44. The maximum atomic E-state index is 13.8. The van der Waals surface area contributed by atoms with Crippen molar-refractivity contribution in [2.24, 2.45) is 0 Å². The van der Waals surface area contributed by atoms with Crippen LogP contribution in [-0.4, -0.2) is 27.9 Å². The first kappa shape index (κ1) is 19.8. The molecule has 0 saturated heterocycles. The van der Waals surface area contributed by atoms with Gasteiger partial charge < -0.3 is 10.2 Å². The van der Waals surface area contributed by atoms with Crippen molar-refractivity contribution >= 4 is 23.5 Å². The maximum absolute atomic E-state index is 13.8. The fraction of sp³-hybridized carbons (Fsp3) is 0.150. The molecule has 3 aromatic rings. The van der Waals surface area contributed by atoms with E-state index >= 15 is 0 Å². The second-order valence-corrected chi connectivity index (χ2v) is 7.17. The molecular weight excluding hydrogens is 382 g/mol. The predicted molar refractivity (Wildman–Crippen MR) is 104 cm³/mol. The van der Waals surface area contributed by atoms with Crippen LogP contribution in [0.25, 0.3) is 0 Å². The van der Waals surface area contributed by atoms with Gasteiger partial charge in [-0.3, -0.25) is 0 Å². The van der Waals surface area contributed by atoms with Crippen LogP contribution in [0.3, 0.4) is 0 Å². The van der Waals surface area contributed by atoms with E-state index < -0.39 is 17.7 Å². The number of halogens is 2. The van der Waals surface area contributed by atoms with E-state index in [2.05, 4.69) is 15.3 Å². The maximum Gasteiger partial charge on any atom is 0.321 e. The molecule has 1 aromatic heterocycles. The predicted octanol–water partition coefficient (Wildman–Crippen LogP) is 4.88. The average Bonchev–Trinajstić information content (AvgIpc) is 2.67. The molecule has 0 aliphatic carbocycles. The van der Waals surface area contributed by atoms with Crippen molar-refractivity contribution in [3.63, 3.8) is 0 Å². The minimum absolute atomic E-state index is 0.0241. The Hall–Kier alpha value is -3.00. The number of benzene rings is 2. The van der Waals surface area contributed by atoms with Gasteiger partial charge in [0.25, 0.3) is 0 Å². The second-order valence-electron chi connectivity index (χ2n) is 6.13. The quantitative estimate of drug-likeness (QED) is 0.620. The fourth-order valence-electron chi connectivity index (χ4n) is 2.47. The molecule has 28 heavy (non-hydrogen) atoms. The van der Waals surface area contributed by atoms with Crippen LogP contribution in [-0.2, 0) is 6.54 Å². The van der Waals surface area contributed by atoms with Crippen LogP contribution in [0.2, 0.25) is 0 Å². The molecule has 2 aromatic carbocycles. The summed E-state index contributed by atoms with van der Waals surface area (Å²) in [4.78, 5) is 23.0. The Morgan fingerprint density at radius 2 is 1.89 bits per heavy atom. The fourth-order valence-corrected chi connectivity index (χ4v) is 3.28. The Morgan fingerprint density at radius 3 is 2.57 bits per heavy atom. The number of carbonyl (C=O) groups is 1. The first-order valence-electron chi connectivity index (χ1n) is 8.44. The van der Waals surface area contributed by atoms with Gasteiger partial charge in [0.2, 0.25) is 0 Å². The van der Waals surface area contributed by atoms with E-state index in [-0.39, 0.29) is 12.1 Å². The van der Waals surface area contributed by atoms with Crippen molar-refractivity contribution in [3.8, 4) is 0 Å². The molecular formula is C20H18F2N4OS. The second kappa shape index (κ2) is 8.79. The minimum atomic E-state index is -0.680. The van der Waals surface area contributed by atoms with Gasteiger partial charge in [0.05, 0.1) is 0 Å². The molecule has 0 aliphatic rings. The molecule has 0 atom stereocenters. The lowest BCUT2D eigenvalue weighted by atomic mass is 10.2. The summed E-state index contributed by atoms with van der Waals surface area (Å²) in [6.45, 7) is 1.90. The zero-order valence-corrected chi connectivity index (χ0v) is 16.1. The number of carbonyl (C=O) groups excluding carboxylic acids is 1. The monoisotopic (exact) mass is 400 g/mol. The molecule has 0 fully saturated rings. The zero-order chi connectivity index (χ0) is 20.1. The van der Waals surface area contributed by atoms with Gasteiger partial charge >= 0.3 is 6.03 Å². The molecule has 8 heteroatoms. The number of aryl methyl sites for hydroxylation is 1. The van der Waals surface area contributed by atoms with Crippen LogP contribution in [0.4, 0.5) is 19.3 Å². The number of hydrogen-bond acceptors (Lipinski definition) is 4. The molecule has 0 aliphatic heterocycles. The summed E-state index contributed by atoms with van der Waals surface area (Å²) >= 11 is 1.42. The molecule has 0 spiro atoms. The molecule has 0 saturated carbocycles. The molecule has 1 heterocycles. The molecule has 0 bridgehead atoms. The number of nitrogens with one attached hydrogen (secondary N) is 1. The first-order valence-corrected chi connectivity index (χ1v) is 9.25. The van der Waals surface area contributed by atoms with Gasteiger partial charge in [-0.25, -0.2) is 23.5 Å². The summed E-state index contributed by atoms with van der Waals surface area (Å²) in [6, 6.07) is 10.3. The molecule has 1 N–H and O–H groups in total. The van der Waals surface area contributed by atoms with Crippen LogP contribution in [0.5, 0.6) is 0 Å². The summed E-state index contributed by atoms with van der Waals surface area (Å²) in [5.74, 6) is -1.33. The van der Waals surface area contributed by atoms with Gasteiger partial charge in [0.1, 0.15) is 11.6 Å². The Bertz CT molecular complexity index is 985. The summed E-state index contributed by atoms with van der Waals surface area (Å²) in [6.07, 6.45) is 3.35. The van der Waals surface area contributed by atoms with Crippen LogP contribution in [0.15, 0.2) is 64.9 Å². The highest BCUT2D eigenvalue weighted by atomic mass is 32.2. The van der Waals surface area contributed by atoms with Crippen molar-refractivity contribution in [1.29, 1.82) is 0 Å². The zero-order valence-electron chi connectivity index (χ0n) is 15.3. The topological polar surface area (TPSA) is 58.1 Å². The number of urea groups is 1. The third-order valence-corrected chi connectivity index (χ3v) is 4.84. The third-order valence-electron chi connectivity index (χ3n) is 3.96. The lowest BCUT2D eigenvalue weighted by Gasteiger charge is -2.19. The molecule has 0 unspecified atom stereocenters.